The summed E-state index contributed by atoms with van der Waals surface area (Å²) in [7, 11) is 1.38. The highest BCUT2D eigenvalue weighted by Gasteiger charge is 2.26. The summed E-state index contributed by atoms with van der Waals surface area (Å²) in [5.41, 5.74) is 4.41. The summed E-state index contributed by atoms with van der Waals surface area (Å²) < 4.78 is 4.85. The highest BCUT2D eigenvalue weighted by atomic mass is 16.5. The molecule has 0 saturated heterocycles. The molecule has 5 heteroatoms. The number of benzene rings is 3. The molecular formula is C24H20N2O3. The van der Waals surface area contributed by atoms with Gasteiger partial charge in [0, 0.05) is 47.2 Å². The molecule has 0 spiro atoms. The van der Waals surface area contributed by atoms with Crippen molar-refractivity contribution in [3.8, 4) is 0 Å². The van der Waals surface area contributed by atoms with Gasteiger partial charge in [-0.05, 0) is 35.0 Å². The Kier molecular flexibility index (Phi) is 4.09. The molecule has 4 aromatic rings. The number of methoxy groups -OCH3 is 1. The second-order valence-electron chi connectivity index (χ2n) is 7.34. The Morgan fingerprint density at radius 2 is 1.83 bits per heavy atom. The minimum absolute atomic E-state index is 0.0333. The van der Waals surface area contributed by atoms with E-state index in [0.29, 0.717) is 18.7 Å². The van der Waals surface area contributed by atoms with Crippen molar-refractivity contribution in [2.24, 2.45) is 0 Å². The molecule has 29 heavy (non-hydrogen) atoms. The van der Waals surface area contributed by atoms with E-state index in [0.717, 1.165) is 44.9 Å². The molecule has 1 amide bonds. The zero-order valence-electron chi connectivity index (χ0n) is 16.1. The van der Waals surface area contributed by atoms with Gasteiger partial charge in [0.2, 0.25) is 0 Å². The molecule has 0 atom stereocenters. The summed E-state index contributed by atoms with van der Waals surface area (Å²) in [4.78, 5) is 30.6. The summed E-state index contributed by atoms with van der Waals surface area (Å²) in [6.07, 6.45) is 0.758. The van der Waals surface area contributed by atoms with Gasteiger partial charge in [-0.1, -0.05) is 36.4 Å². The first kappa shape index (κ1) is 17.5. The number of aromatic nitrogens is 1. The second kappa shape index (κ2) is 6.78. The number of amides is 1. The van der Waals surface area contributed by atoms with Gasteiger partial charge in [0.1, 0.15) is 0 Å². The van der Waals surface area contributed by atoms with Crippen molar-refractivity contribution in [1.29, 1.82) is 0 Å². The summed E-state index contributed by atoms with van der Waals surface area (Å²) in [6.45, 7) is 1.17. The Morgan fingerprint density at radius 3 is 2.69 bits per heavy atom. The molecule has 0 unspecified atom stereocenters. The molecule has 1 N–H and O–H groups in total. The van der Waals surface area contributed by atoms with E-state index >= 15 is 0 Å². The SMILES string of the molecule is COC(=O)c1ccc2[nH]c3c(c2c1)CN(C(=O)c1cccc2ccccc12)CC3. The van der Waals surface area contributed by atoms with Crippen molar-refractivity contribution in [2.75, 3.05) is 13.7 Å². The number of carbonyl (C=O) groups is 2. The minimum Gasteiger partial charge on any atom is -0.465 e. The predicted octanol–water partition coefficient (Wildman–Crippen LogP) is 4.31. The van der Waals surface area contributed by atoms with Gasteiger partial charge in [-0.15, -0.1) is 0 Å². The Bertz CT molecular complexity index is 1270. The van der Waals surface area contributed by atoms with Crippen LogP contribution in [0.15, 0.2) is 60.7 Å². The van der Waals surface area contributed by atoms with Crippen LogP contribution in [0.4, 0.5) is 0 Å². The summed E-state index contributed by atoms with van der Waals surface area (Å²) >= 11 is 0. The zero-order chi connectivity index (χ0) is 20.0. The molecule has 1 aliphatic rings. The number of hydrogen-bond donors (Lipinski definition) is 1. The summed E-state index contributed by atoms with van der Waals surface area (Å²) in [5.74, 6) is -0.327. The fourth-order valence-electron chi connectivity index (χ4n) is 4.21. The maximum atomic E-state index is 13.3. The highest BCUT2D eigenvalue weighted by molar-refractivity contribution is 6.07. The van der Waals surface area contributed by atoms with Crippen LogP contribution in [0.5, 0.6) is 0 Å². The van der Waals surface area contributed by atoms with Crippen LogP contribution < -0.4 is 0 Å². The fraction of sp³-hybridized carbons (Fsp3) is 0.167. The van der Waals surface area contributed by atoms with E-state index in [1.807, 2.05) is 59.5 Å². The summed E-state index contributed by atoms with van der Waals surface area (Å²) in [5, 5.41) is 3.00. The first-order chi connectivity index (χ1) is 14.2. The third-order valence-electron chi connectivity index (χ3n) is 5.70. The third kappa shape index (κ3) is 2.86. The molecule has 144 valence electrons. The number of carbonyl (C=O) groups excluding carboxylic acids is 2. The second-order valence-corrected chi connectivity index (χ2v) is 7.34. The molecule has 0 saturated carbocycles. The molecule has 0 aliphatic carbocycles. The predicted molar refractivity (Wildman–Crippen MR) is 112 cm³/mol. The quantitative estimate of drug-likeness (QED) is 0.524. The van der Waals surface area contributed by atoms with Crippen molar-refractivity contribution in [2.45, 2.75) is 13.0 Å². The van der Waals surface area contributed by atoms with Crippen LogP contribution >= 0.6 is 0 Å². The number of nitrogens with zero attached hydrogens (tertiary/aromatic N) is 1. The smallest absolute Gasteiger partial charge is 0.337 e. The van der Waals surface area contributed by atoms with E-state index in [1.54, 1.807) is 6.07 Å². The Balaban J connectivity index is 1.53. The van der Waals surface area contributed by atoms with Gasteiger partial charge < -0.3 is 14.6 Å². The van der Waals surface area contributed by atoms with Crippen LogP contribution in [-0.2, 0) is 17.7 Å². The Hall–Kier alpha value is -3.60. The van der Waals surface area contributed by atoms with Crippen molar-refractivity contribution >= 4 is 33.6 Å². The first-order valence-electron chi connectivity index (χ1n) is 9.64. The zero-order valence-corrected chi connectivity index (χ0v) is 16.1. The fourth-order valence-corrected chi connectivity index (χ4v) is 4.21. The summed E-state index contributed by atoms with van der Waals surface area (Å²) in [6, 6.07) is 19.3. The highest BCUT2D eigenvalue weighted by Crippen LogP contribution is 2.30. The van der Waals surface area contributed by atoms with Crippen LogP contribution in [-0.4, -0.2) is 35.4 Å². The van der Waals surface area contributed by atoms with Crippen molar-refractivity contribution in [1.82, 2.24) is 9.88 Å². The van der Waals surface area contributed by atoms with Gasteiger partial charge >= 0.3 is 5.97 Å². The Morgan fingerprint density at radius 1 is 1.00 bits per heavy atom. The van der Waals surface area contributed by atoms with E-state index in [1.165, 1.54) is 7.11 Å². The van der Waals surface area contributed by atoms with Crippen molar-refractivity contribution < 1.29 is 14.3 Å². The van der Waals surface area contributed by atoms with E-state index < -0.39 is 0 Å². The lowest BCUT2D eigenvalue weighted by atomic mass is 10.00. The lowest BCUT2D eigenvalue weighted by Gasteiger charge is -2.28. The van der Waals surface area contributed by atoms with Gasteiger partial charge in [-0.25, -0.2) is 4.79 Å². The minimum atomic E-state index is -0.360. The molecule has 1 aliphatic heterocycles. The molecule has 0 bridgehead atoms. The molecule has 2 heterocycles. The third-order valence-corrected chi connectivity index (χ3v) is 5.70. The lowest BCUT2D eigenvalue weighted by molar-refractivity contribution is 0.0600. The molecule has 5 nitrogen and oxygen atoms in total. The van der Waals surface area contributed by atoms with Crippen LogP contribution in [0.2, 0.25) is 0 Å². The van der Waals surface area contributed by atoms with Crippen LogP contribution in [0.1, 0.15) is 32.0 Å². The van der Waals surface area contributed by atoms with Gasteiger partial charge in [0.05, 0.1) is 12.7 Å². The van der Waals surface area contributed by atoms with Gasteiger partial charge in [-0.2, -0.15) is 0 Å². The number of hydrogen-bond acceptors (Lipinski definition) is 3. The standard InChI is InChI=1S/C24H20N2O3/c1-29-24(28)16-9-10-21-19(13-16)20-14-26(12-11-22(20)25-21)23(27)18-8-4-6-15-5-2-3-7-17(15)18/h2-10,13,25H,11-12,14H2,1H3. The average Bonchev–Trinajstić information content (AvgIpc) is 3.14. The van der Waals surface area contributed by atoms with Crippen molar-refractivity contribution in [3.63, 3.8) is 0 Å². The Labute approximate surface area is 167 Å². The molecule has 1 aromatic heterocycles. The van der Waals surface area contributed by atoms with E-state index in [4.69, 9.17) is 4.74 Å². The van der Waals surface area contributed by atoms with Gasteiger partial charge in [0.15, 0.2) is 0 Å². The van der Waals surface area contributed by atoms with E-state index in [2.05, 4.69) is 4.98 Å². The average molecular weight is 384 g/mol. The van der Waals surface area contributed by atoms with E-state index in [9.17, 15) is 9.59 Å². The first-order valence-corrected chi connectivity index (χ1v) is 9.64. The maximum Gasteiger partial charge on any atom is 0.337 e. The van der Waals surface area contributed by atoms with Gasteiger partial charge in [-0.3, -0.25) is 4.79 Å². The molecule has 3 aromatic carbocycles. The lowest BCUT2D eigenvalue weighted by Crippen LogP contribution is -2.35. The number of fused-ring (bicyclic) bond motifs is 4. The molecule has 0 fully saturated rings. The largest absolute Gasteiger partial charge is 0.465 e. The monoisotopic (exact) mass is 384 g/mol. The van der Waals surface area contributed by atoms with Crippen molar-refractivity contribution in [3.05, 3.63) is 83.0 Å². The van der Waals surface area contributed by atoms with Crippen LogP contribution in [0, 0.1) is 0 Å². The number of H-pyrrole nitrogens is 1. The normalized spacial score (nSPS) is 13.5. The number of nitrogens with one attached hydrogen (secondary N) is 1. The van der Waals surface area contributed by atoms with Crippen LogP contribution in [0.25, 0.3) is 21.7 Å². The van der Waals surface area contributed by atoms with Crippen LogP contribution in [0.3, 0.4) is 0 Å². The molecule has 5 rings (SSSR count). The topological polar surface area (TPSA) is 62.4 Å². The van der Waals surface area contributed by atoms with E-state index in [-0.39, 0.29) is 11.9 Å². The number of ether oxygens (including phenoxy) is 1. The molecular weight excluding hydrogens is 364 g/mol. The number of esters is 1. The molecule has 0 radical (unpaired) electrons. The van der Waals surface area contributed by atoms with Gasteiger partial charge in [0.25, 0.3) is 5.91 Å². The number of rotatable bonds is 2. The number of aromatic amines is 1. The maximum absolute atomic E-state index is 13.3.